The van der Waals surface area contributed by atoms with Gasteiger partial charge in [0.15, 0.2) is 6.19 Å². The second-order valence-electron chi connectivity index (χ2n) is 3.89. The van der Waals surface area contributed by atoms with Crippen molar-refractivity contribution in [1.82, 2.24) is 5.32 Å². The third kappa shape index (κ3) is 4.37. The van der Waals surface area contributed by atoms with E-state index in [1.807, 2.05) is 18.2 Å². The number of hydrogen-bond donors (Lipinski definition) is 1. The summed E-state index contributed by atoms with van der Waals surface area (Å²) in [6, 6.07) is 14.1. The number of benzene rings is 2. The van der Waals surface area contributed by atoms with Gasteiger partial charge in [-0.1, -0.05) is 23.3 Å². The number of rotatable bonds is 3. The maximum absolute atomic E-state index is 8.79. The van der Waals surface area contributed by atoms with E-state index in [9.17, 15) is 0 Å². The first-order valence-corrected chi connectivity index (χ1v) is 7.12. The van der Waals surface area contributed by atoms with Gasteiger partial charge < -0.3 is 4.74 Å². The van der Waals surface area contributed by atoms with Crippen molar-refractivity contribution >= 4 is 40.0 Å². The number of aliphatic imine (C=N–C) groups is 1. The van der Waals surface area contributed by atoms with Gasteiger partial charge in [-0.2, -0.15) is 10.3 Å². The lowest BCUT2D eigenvalue weighted by Gasteiger charge is -2.07. The summed E-state index contributed by atoms with van der Waals surface area (Å²) in [6.45, 7) is 0. The van der Waals surface area contributed by atoms with Crippen LogP contribution in [0.4, 0.5) is 11.4 Å². The Morgan fingerprint density at radius 1 is 1.27 bits per heavy atom. The van der Waals surface area contributed by atoms with Gasteiger partial charge in [0.2, 0.25) is 0 Å². The Balaban J connectivity index is 2.32. The minimum Gasteiger partial charge on any atom is -0.425 e. The predicted molar refractivity (Wildman–Crippen MR) is 90.9 cm³/mol. The van der Waals surface area contributed by atoms with Crippen LogP contribution in [-0.2, 0) is 0 Å². The van der Waals surface area contributed by atoms with Gasteiger partial charge in [0.1, 0.15) is 5.75 Å². The smallest absolute Gasteiger partial charge is 0.309 e. The molecule has 0 radical (unpaired) electrons. The summed E-state index contributed by atoms with van der Waals surface area (Å²) >= 11 is 2.06. The maximum Gasteiger partial charge on any atom is 0.309 e. The molecule has 1 N–H and O–H groups in total. The zero-order valence-electron chi connectivity index (χ0n) is 11.1. The number of azide groups is 1. The van der Waals surface area contributed by atoms with Crippen molar-refractivity contribution in [2.24, 2.45) is 10.1 Å². The fraction of sp³-hybridized carbons (Fsp3) is 0. The second kappa shape index (κ2) is 7.87. The fourth-order valence-corrected chi connectivity index (χ4v) is 1.98. The molecule has 8 heteroatoms. The standard InChI is InChI=1S/C14H9IN6O/c15-12-7-6-10(8-13(12)20-21-17)19-14(18-9-16)22-11-4-2-1-3-5-11/h1-8H,(H,18,19). The monoisotopic (exact) mass is 404 g/mol. The van der Waals surface area contributed by atoms with Crippen LogP contribution >= 0.6 is 22.6 Å². The van der Waals surface area contributed by atoms with Crippen molar-refractivity contribution in [2.75, 3.05) is 0 Å². The van der Waals surface area contributed by atoms with Gasteiger partial charge in [-0.3, -0.25) is 0 Å². The van der Waals surface area contributed by atoms with E-state index < -0.39 is 0 Å². The van der Waals surface area contributed by atoms with Crippen molar-refractivity contribution in [3.8, 4) is 11.9 Å². The van der Waals surface area contributed by atoms with Gasteiger partial charge in [0, 0.05) is 8.48 Å². The summed E-state index contributed by atoms with van der Waals surface area (Å²) in [6.07, 6.45) is 1.77. The molecule has 0 saturated carbocycles. The molecule has 108 valence electrons. The number of amidine groups is 1. The molecule has 0 amide bonds. The lowest BCUT2D eigenvalue weighted by Crippen LogP contribution is -2.23. The number of nitrogens with one attached hydrogen (secondary N) is 1. The van der Waals surface area contributed by atoms with Crippen molar-refractivity contribution < 1.29 is 4.74 Å². The lowest BCUT2D eigenvalue weighted by molar-refractivity contribution is 0.531. The fourth-order valence-electron chi connectivity index (χ4n) is 1.54. The first-order valence-electron chi connectivity index (χ1n) is 6.04. The van der Waals surface area contributed by atoms with Crippen LogP contribution in [-0.4, -0.2) is 6.02 Å². The molecule has 2 rings (SSSR count). The van der Waals surface area contributed by atoms with Gasteiger partial charge in [-0.05, 0) is 58.5 Å². The Hall–Kier alpha value is -2.76. The van der Waals surface area contributed by atoms with E-state index in [1.54, 1.807) is 36.5 Å². The third-order valence-electron chi connectivity index (χ3n) is 2.43. The second-order valence-corrected chi connectivity index (χ2v) is 5.06. The van der Waals surface area contributed by atoms with Crippen LogP contribution in [0.25, 0.3) is 10.4 Å². The number of nitrogens with zero attached hydrogens (tertiary/aromatic N) is 5. The lowest BCUT2D eigenvalue weighted by atomic mass is 10.3. The van der Waals surface area contributed by atoms with Crippen LogP contribution in [0.3, 0.4) is 0 Å². The van der Waals surface area contributed by atoms with Gasteiger partial charge in [-0.25, -0.2) is 5.32 Å². The number of halogens is 1. The highest BCUT2D eigenvalue weighted by Crippen LogP contribution is 2.27. The van der Waals surface area contributed by atoms with Gasteiger partial charge in [0.25, 0.3) is 0 Å². The molecule has 2 aromatic rings. The molecule has 0 saturated heterocycles. The Bertz CT molecular complexity index is 778. The van der Waals surface area contributed by atoms with E-state index in [2.05, 4.69) is 42.9 Å². The molecule has 0 aliphatic rings. The average Bonchev–Trinajstić information content (AvgIpc) is 2.52. The number of para-hydroxylation sites is 1. The zero-order chi connectivity index (χ0) is 15.8. The largest absolute Gasteiger partial charge is 0.425 e. The molecule has 0 aliphatic carbocycles. The molecule has 0 fully saturated rings. The van der Waals surface area contributed by atoms with Crippen LogP contribution in [0.1, 0.15) is 0 Å². The third-order valence-corrected chi connectivity index (χ3v) is 3.35. The molecular weight excluding hydrogens is 395 g/mol. The summed E-state index contributed by atoms with van der Waals surface area (Å²) in [5.74, 6) is 0.546. The van der Waals surface area contributed by atoms with E-state index >= 15 is 0 Å². The first-order chi connectivity index (χ1) is 10.7. The van der Waals surface area contributed by atoms with Gasteiger partial charge in [0.05, 0.1) is 11.4 Å². The number of ether oxygens (including phenoxy) is 1. The van der Waals surface area contributed by atoms with E-state index in [4.69, 9.17) is 15.5 Å². The van der Waals surface area contributed by atoms with Crippen molar-refractivity contribution in [1.29, 1.82) is 5.26 Å². The van der Waals surface area contributed by atoms with Crippen molar-refractivity contribution in [3.05, 3.63) is 62.5 Å². The van der Waals surface area contributed by atoms with Gasteiger partial charge >= 0.3 is 6.02 Å². The molecule has 7 nitrogen and oxygen atoms in total. The summed E-state index contributed by atoms with van der Waals surface area (Å²) in [5.41, 5.74) is 9.49. The van der Waals surface area contributed by atoms with E-state index in [1.165, 1.54) is 0 Å². The maximum atomic E-state index is 8.79. The molecule has 0 unspecified atom stereocenters. The predicted octanol–water partition coefficient (Wildman–Crippen LogP) is 4.37. The SMILES string of the molecule is N#CNC(=Nc1ccc(I)c(N=[N+]=[N-])c1)Oc1ccccc1. The van der Waals surface area contributed by atoms with Crippen LogP contribution in [0.15, 0.2) is 58.6 Å². The normalized spacial score (nSPS) is 10.3. The van der Waals surface area contributed by atoms with Crippen LogP contribution in [0, 0.1) is 15.0 Å². The van der Waals surface area contributed by atoms with Crippen LogP contribution < -0.4 is 10.1 Å². The molecule has 22 heavy (non-hydrogen) atoms. The minimum absolute atomic E-state index is 0.0294. The van der Waals surface area contributed by atoms with Crippen molar-refractivity contribution in [2.45, 2.75) is 0 Å². The van der Waals surface area contributed by atoms with Crippen LogP contribution in [0.2, 0.25) is 0 Å². The average molecular weight is 404 g/mol. The Morgan fingerprint density at radius 3 is 2.73 bits per heavy atom. The van der Waals surface area contributed by atoms with Crippen LogP contribution in [0.5, 0.6) is 5.75 Å². The quantitative estimate of drug-likeness (QED) is 0.120. The molecule has 0 atom stereocenters. The highest BCUT2D eigenvalue weighted by molar-refractivity contribution is 14.1. The number of nitriles is 1. The molecule has 0 aromatic heterocycles. The summed E-state index contributed by atoms with van der Waals surface area (Å²) in [7, 11) is 0. The Kier molecular flexibility index (Phi) is 5.59. The van der Waals surface area contributed by atoms with E-state index in [0.717, 1.165) is 3.57 Å². The first kappa shape index (κ1) is 15.6. The summed E-state index contributed by atoms with van der Waals surface area (Å²) < 4.78 is 6.30. The van der Waals surface area contributed by atoms with E-state index in [-0.39, 0.29) is 6.02 Å². The highest BCUT2D eigenvalue weighted by Gasteiger charge is 2.04. The summed E-state index contributed by atoms with van der Waals surface area (Å²) in [5, 5.41) is 14.7. The molecular formula is C14H9IN6O. The van der Waals surface area contributed by atoms with Gasteiger partial charge in [-0.15, -0.1) is 0 Å². The molecule has 0 spiro atoms. The molecule has 0 heterocycles. The zero-order valence-corrected chi connectivity index (χ0v) is 13.3. The minimum atomic E-state index is 0.0294. The number of hydrogen-bond acceptors (Lipinski definition) is 4. The molecule has 0 bridgehead atoms. The van der Waals surface area contributed by atoms with E-state index in [0.29, 0.717) is 17.1 Å². The topological polar surface area (TPSA) is 106 Å². The highest BCUT2D eigenvalue weighted by atomic mass is 127. The molecule has 0 aliphatic heterocycles. The Labute approximate surface area is 140 Å². The Morgan fingerprint density at radius 2 is 2.05 bits per heavy atom. The summed E-state index contributed by atoms with van der Waals surface area (Å²) in [4.78, 5) is 6.97. The van der Waals surface area contributed by atoms with Crippen molar-refractivity contribution in [3.63, 3.8) is 0 Å². The molecule has 2 aromatic carbocycles.